The molecule has 4 aromatic rings. The van der Waals surface area contributed by atoms with Crippen molar-refractivity contribution in [3.63, 3.8) is 0 Å². The lowest BCUT2D eigenvalue weighted by Gasteiger charge is -2.34. The Bertz CT molecular complexity index is 1230. The number of H-pyrrole nitrogens is 1. The van der Waals surface area contributed by atoms with Gasteiger partial charge < -0.3 is 14.3 Å². The first-order chi connectivity index (χ1) is 13.8. The van der Waals surface area contributed by atoms with Gasteiger partial charge in [0.2, 0.25) is 5.76 Å². The second kappa shape index (κ2) is 6.32. The zero-order valence-corrected chi connectivity index (χ0v) is 14.7. The highest BCUT2D eigenvalue weighted by Crippen LogP contribution is 2.34. The van der Waals surface area contributed by atoms with Gasteiger partial charge in [-0.05, 0) is 12.1 Å². The first-order valence-electron chi connectivity index (χ1n) is 8.78. The fraction of sp³-hybridized carbons (Fsp3) is 0.150. The number of fused-ring (bicyclic) bond motifs is 2. The average Bonchev–Trinajstić information content (AvgIpc) is 3.41. The predicted octanol–water partition coefficient (Wildman–Crippen LogP) is 2.61. The van der Waals surface area contributed by atoms with Gasteiger partial charge in [0.1, 0.15) is 12.1 Å². The molecule has 1 amide bonds. The smallest absolute Gasteiger partial charge is 0.293 e. The van der Waals surface area contributed by atoms with E-state index in [4.69, 9.17) is 9.40 Å². The van der Waals surface area contributed by atoms with E-state index in [2.05, 4.69) is 15.0 Å². The van der Waals surface area contributed by atoms with Gasteiger partial charge in [-0.1, -0.05) is 24.3 Å². The monoisotopic (exact) mass is 370 g/mol. The SMILES string of the molecule is N#Cc1ncoc1C(=O)N1CCc2[nH]cnc2[C@@H]1c1ccc2ccccc2n1. The molecule has 0 radical (unpaired) electrons. The number of imidazole rings is 1. The van der Waals surface area contributed by atoms with Gasteiger partial charge in [-0.2, -0.15) is 5.26 Å². The highest BCUT2D eigenvalue weighted by Gasteiger charge is 2.37. The number of nitriles is 1. The lowest BCUT2D eigenvalue weighted by Crippen LogP contribution is -2.41. The van der Waals surface area contributed by atoms with Gasteiger partial charge in [0.15, 0.2) is 12.1 Å². The first kappa shape index (κ1) is 16.2. The van der Waals surface area contributed by atoms with Gasteiger partial charge in [0.25, 0.3) is 5.91 Å². The number of hydrogen-bond acceptors (Lipinski definition) is 6. The number of nitrogens with one attached hydrogen (secondary N) is 1. The summed E-state index contributed by atoms with van der Waals surface area (Å²) in [5.74, 6) is -0.463. The molecular weight excluding hydrogens is 356 g/mol. The summed E-state index contributed by atoms with van der Waals surface area (Å²) in [6, 6.07) is 13.1. The molecule has 1 aromatic carbocycles. The minimum absolute atomic E-state index is 0.0250. The van der Waals surface area contributed by atoms with Crippen molar-refractivity contribution >= 4 is 16.8 Å². The Labute approximate surface area is 159 Å². The Morgan fingerprint density at radius 2 is 2.14 bits per heavy atom. The second-order valence-corrected chi connectivity index (χ2v) is 6.49. The topological polar surface area (TPSA) is 112 Å². The quantitative estimate of drug-likeness (QED) is 0.580. The van der Waals surface area contributed by atoms with Crippen molar-refractivity contribution in [3.8, 4) is 6.07 Å². The van der Waals surface area contributed by atoms with Crippen LogP contribution in [0.15, 0.2) is 53.5 Å². The van der Waals surface area contributed by atoms with E-state index in [9.17, 15) is 10.1 Å². The molecule has 0 bridgehead atoms. The van der Waals surface area contributed by atoms with E-state index in [-0.39, 0.29) is 11.5 Å². The maximum absolute atomic E-state index is 13.2. The summed E-state index contributed by atoms with van der Waals surface area (Å²) in [6.45, 7) is 0.443. The molecule has 0 spiro atoms. The number of pyridine rings is 1. The molecule has 1 atom stereocenters. The third-order valence-electron chi connectivity index (χ3n) is 4.95. The van der Waals surface area contributed by atoms with Gasteiger partial charge >= 0.3 is 0 Å². The van der Waals surface area contributed by atoms with Crippen LogP contribution < -0.4 is 0 Å². The average molecular weight is 370 g/mol. The van der Waals surface area contributed by atoms with E-state index >= 15 is 0 Å². The Morgan fingerprint density at radius 3 is 3.04 bits per heavy atom. The normalized spacial score (nSPS) is 16.0. The maximum atomic E-state index is 13.2. The lowest BCUT2D eigenvalue weighted by molar-refractivity contribution is 0.0654. The predicted molar refractivity (Wildman–Crippen MR) is 98.1 cm³/mol. The second-order valence-electron chi connectivity index (χ2n) is 6.49. The molecule has 4 heterocycles. The number of amides is 1. The van der Waals surface area contributed by atoms with Crippen molar-refractivity contribution in [1.82, 2.24) is 24.8 Å². The van der Waals surface area contributed by atoms with E-state index in [0.717, 1.165) is 28.7 Å². The molecule has 28 heavy (non-hydrogen) atoms. The molecule has 8 nitrogen and oxygen atoms in total. The van der Waals surface area contributed by atoms with Gasteiger partial charge in [0.05, 0.1) is 23.2 Å². The summed E-state index contributed by atoms with van der Waals surface area (Å²) in [4.78, 5) is 31.0. The third-order valence-corrected chi connectivity index (χ3v) is 4.95. The van der Waals surface area contributed by atoms with Crippen LogP contribution in [0.5, 0.6) is 0 Å². The van der Waals surface area contributed by atoms with E-state index in [1.807, 2.05) is 42.5 Å². The maximum Gasteiger partial charge on any atom is 0.293 e. The fourth-order valence-corrected chi connectivity index (χ4v) is 3.64. The summed E-state index contributed by atoms with van der Waals surface area (Å²) in [6.07, 6.45) is 3.36. The summed E-state index contributed by atoms with van der Waals surface area (Å²) >= 11 is 0. The standard InChI is InChI=1S/C20H14N6O2/c21-9-16-19(28-11-24-16)20(27)26-8-7-14-17(23-10-22-14)18(26)15-6-5-12-3-1-2-4-13(12)25-15/h1-6,10-11,18H,7-8H2,(H,22,23)/t18-/m0/s1. The number of rotatable bonds is 2. The van der Waals surface area contributed by atoms with E-state index in [0.29, 0.717) is 18.7 Å². The molecular formula is C20H14N6O2. The lowest BCUT2D eigenvalue weighted by atomic mass is 9.98. The number of hydrogen-bond donors (Lipinski definition) is 1. The van der Waals surface area contributed by atoms with Crippen LogP contribution in [0.2, 0.25) is 0 Å². The zero-order chi connectivity index (χ0) is 19.1. The highest BCUT2D eigenvalue weighted by atomic mass is 16.3. The van der Waals surface area contributed by atoms with Gasteiger partial charge in [0, 0.05) is 24.0 Å². The number of aromatic amines is 1. The molecule has 5 rings (SSSR count). The molecule has 0 saturated heterocycles. The minimum Gasteiger partial charge on any atom is -0.437 e. The molecule has 3 aromatic heterocycles. The summed E-state index contributed by atoms with van der Waals surface area (Å²) < 4.78 is 5.22. The van der Waals surface area contributed by atoms with Crippen LogP contribution in [0.25, 0.3) is 10.9 Å². The largest absolute Gasteiger partial charge is 0.437 e. The number of para-hydroxylation sites is 1. The van der Waals surface area contributed by atoms with Crippen LogP contribution >= 0.6 is 0 Å². The molecule has 1 aliphatic heterocycles. The molecule has 0 saturated carbocycles. The molecule has 8 heteroatoms. The van der Waals surface area contributed by atoms with Crippen molar-refractivity contribution in [3.05, 3.63) is 77.7 Å². The van der Waals surface area contributed by atoms with Crippen molar-refractivity contribution < 1.29 is 9.21 Å². The summed E-state index contributed by atoms with van der Waals surface area (Å²) in [7, 11) is 0. The van der Waals surface area contributed by atoms with Crippen molar-refractivity contribution in [1.29, 1.82) is 5.26 Å². The van der Waals surface area contributed by atoms with Crippen molar-refractivity contribution in [2.45, 2.75) is 12.5 Å². The third kappa shape index (κ3) is 2.45. The van der Waals surface area contributed by atoms with Gasteiger partial charge in [-0.3, -0.25) is 9.78 Å². The number of aromatic nitrogens is 4. The Morgan fingerprint density at radius 1 is 1.25 bits per heavy atom. The Balaban J connectivity index is 1.64. The van der Waals surface area contributed by atoms with Crippen LogP contribution in [-0.2, 0) is 6.42 Å². The molecule has 0 unspecified atom stereocenters. The van der Waals surface area contributed by atoms with E-state index in [1.165, 1.54) is 0 Å². The Kier molecular flexibility index (Phi) is 3.66. The highest BCUT2D eigenvalue weighted by molar-refractivity contribution is 5.94. The van der Waals surface area contributed by atoms with Crippen LogP contribution in [0.1, 0.15) is 39.4 Å². The van der Waals surface area contributed by atoms with Crippen LogP contribution in [0, 0.1) is 11.3 Å². The minimum atomic E-state index is -0.483. The molecule has 1 aliphatic rings. The van der Waals surface area contributed by atoms with E-state index in [1.54, 1.807) is 11.2 Å². The number of carbonyl (C=O) groups is 1. The molecule has 0 fully saturated rings. The molecule has 1 N–H and O–H groups in total. The van der Waals surface area contributed by atoms with Gasteiger partial charge in [-0.15, -0.1) is 0 Å². The number of benzene rings is 1. The molecule has 136 valence electrons. The van der Waals surface area contributed by atoms with E-state index < -0.39 is 11.9 Å². The fourth-order valence-electron chi connectivity index (χ4n) is 3.64. The van der Waals surface area contributed by atoms with Crippen molar-refractivity contribution in [2.24, 2.45) is 0 Å². The Hall–Kier alpha value is -3.99. The van der Waals surface area contributed by atoms with Crippen molar-refractivity contribution in [2.75, 3.05) is 6.54 Å². The summed E-state index contributed by atoms with van der Waals surface area (Å²) in [5, 5.41) is 10.2. The molecule has 0 aliphatic carbocycles. The summed E-state index contributed by atoms with van der Waals surface area (Å²) in [5.41, 5.74) is 3.25. The number of carbonyl (C=O) groups excluding carboxylic acids is 1. The number of oxazole rings is 1. The number of nitrogens with zero attached hydrogens (tertiary/aromatic N) is 5. The van der Waals surface area contributed by atoms with Crippen LogP contribution in [-0.4, -0.2) is 37.3 Å². The zero-order valence-electron chi connectivity index (χ0n) is 14.7. The van der Waals surface area contributed by atoms with Crippen LogP contribution in [0.3, 0.4) is 0 Å². The first-order valence-corrected chi connectivity index (χ1v) is 8.78. The van der Waals surface area contributed by atoms with Crippen LogP contribution in [0.4, 0.5) is 0 Å². The van der Waals surface area contributed by atoms with Gasteiger partial charge in [-0.25, -0.2) is 9.97 Å².